The number of amides is 1. The van der Waals surface area contributed by atoms with Crippen LogP contribution in [0.2, 0.25) is 10.0 Å². The first kappa shape index (κ1) is 24.7. The molecule has 0 unspecified atom stereocenters. The number of carbonyl (C=O) groups is 1. The predicted molar refractivity (Wildman–Crippen MR) is 128 cm³/mol. The van der Waals surface area contributed by atoms with Crippen molar-refractivity contribution in [3.05, 3.63) is 92.6 Å². The molecule has 0 saturated carbocycles. The summed E-state index contributed by atoms with van der Waals surface area (Å²) >= 11 is 15.3. The molecule has 0 aliphatic rings. The van der Waals surface area contributed by atoms with Gasteiger partial charge in [-0.3, -0.25) is 4.79 Å². The van der Waals surface area contributed by atoms with Gasteiger partial charge in [-0.2, -0.15) is 4.31 Å². The van der Waals surface area contributed by atoms with Crippen LogP contribution in [0.1, 0.15) is 5.56 Å². The fourth-order valence-corrected chi connectivity index (χ4v) is 4.85. The Bertz CT molecular complexity index is 1220. The molecule has 0 aliphatic carbocycles. The normalized spacial score (nSPS) is 11.6. The van der Waals surface area contributed by atoms with Gasteiger partial charge in [0.25, 0.3) is 0 Å². The summed E-state index contributed by atoms with van der Waals surface area (Å²) in [5.74, 6) is -0.925. The summed E-state index contributed by atoms with van der Waals surface area (Å²) < 4.78 is 41.8. The van der Waals surface area contributed by atoms with Gasteiger partial charge in [0, 0.05) is 23.8 Å². The Labute approximate surface area is 204 Å². The highest BCUT2D eigenvalue weighted by atomic mass is 79.9. The second kappa shape index (κ2) is 10.3. The molecule has 0 saturated heterocycles. The number of benzene rings is 3. The molecule has 0 fully saturated rings. The standard InChI is InChI=1S/C22H18BrCl2FN2O3S/c1-27(18-7-5-17(26)6-8-18)22(29)14-28(13-15-2-11-20(24)21(25)12-15)32(30,31)19-9-3-16(23)4-10-19/h2-12H,13-14H2,1H3. The molecule has 10 heteroatoms. The van der Waals surface area contributed by atoms with Crippen molar-refractivity contribution in [1.29, 1.82) is 0 Å². The van der Waals surface area contributed by atoms with Crippen molar-refractivity contribution in [1.82, 2.24) is 4.31 Å². The van der Waals surface area contributed by atoms with Crippen LogP contribution in [-0.2, 0) is 21.4 Å². The van der Waals surface area contributed by atoms with Gasteiger partial charge in [0.2, 0.25) is 15.9 Å². The molecule has 0 heterocycles. The van der Waals surface area contributed by atoms with E-state index in [-0.39, 0.29) is 16.5 Å². The number of halogens is 4. The summed E-state index contributed by atoms with van der Waals surface area (Å²) in [7, 11) is -2.53. The fourth-order valence-electron chi connectivity index (χ4n) is 2.89. The van der Waals surface area contributed by atoms with Crippen molar-refractivity contribution in [3.63, 3.8) is 0 Å². The van der Waals surface area contributed by atoms with E-state index >= 15 is 0 Å². The molecule has 3 rings (SSSR count). The predicted octanol–water partition coefficient (Wildman–Crippen LogP) is 5.75. The monoisotopic (exact) mass is 558 g/mol. The highest BCUT2D eigenvalue weighted by Gasteiger charge is 2.28. The minimum atomic E-state index is -4.03. The van der Waals surface area contributed by atoms with Crippen LogP contribution in [0.25, 0.3) is 0 Å². The van der Waals surface area contributed by atoms with Gasteiger partial charge >= 0.3 is 0 Å². The lowest BCUT2D eigenvalue weighted by Gasteiger charge is -2.25. The van der Waals surface area contributed by atoms with E-state index in [2.05, 4.69) is 15.9 Å². The van der Waals surface area contributed by atoms with Crippen LogP contribution in [0.3, 0.4) is 0 Å². The maximum absolute atomic E-state index is 13.4. The lowest BCUT2D eigenvalue weighted by molar-refractivity contribution is -0.118. The molecule has 0 N–H and O–H groups in total. The van der Waals surface area contributed by atoms with Gasteiger partial charge in [-0.25, -0.2) is 12.8 Å². The largest absolute Gasteiger partial charge is 0.314 e. The first-order valence-corrected chi connectivity index (χ1v) is 12.3. The summed E-state index contributed by atoms with van der Waals surface area (Å²) in [4.78, 5) is 14.3. The third-order valence-electron chi connectivity index (χ3n) is 4.69. The maximum Gasteiger partial charge on any atom is 0.243 e. The van der Waals surface area contributed by atoms with Crippen LogP contribution in [0.4, 0.5) is 10.1 Å². The topological polar surface area (TPSA) is 57.7 Å². The van der Waals surface area contributed by atoms with E-state index in [0.29, 0.717) is 16.3 Å². The van der Waals surface area contributed by atoms with E-state index in [1.807, 2.05) is 0 Å². The van der Waals surface area contributed by atoms with E-state index < -0.39 is 28.3 Å². The smallest absolute Gasteiger partial charge is 0.243 e. The number of sulfonamides is 1. The zero-order valence-electron chi connectivity index (χ0n) is 16.8. The van der Waals surface area contributed by atoms with Crippen LogP contribution < -0.4 is 4.90 Å². The quantitative estimate of drug-likeness (QED) is 0.370. The molecule has 1 amide bonds. The number of nitrogens with zero attached hydrogens (tertiary/aromatic N) is 2. The average molecular weight is 560 g/mol. The molecule has 0 bridgehead atoms. The third-order valence-corrected chi connectivity index (χ3v) is 7.77. The number of rotatable bonds is 7. The van der Waals surface area contributed by atoms with Crippen molar-refractivity contribution in [3.8, 4) is 0 Å². The maximum atomic E-state index is 13.4. The molecule has 3 aromatic carbocycles. The van der Waals surface area contributed by atoms with E-state index in [1.54, 1.807) is 30.3 Å². The number of anilines is 1. The first-order chi connectivity index (χ1) is 15.1. The van der Waals surface area contributed by atoms with Crippen molar-refractivity contribution < 1.29 is 17.6 Å². The van der Waals surface area contributed by atoms with Crippen molar-refractivity contribution >= 4 is 60.7 Å². The molecule has 32 heavy (non-hydrogen) atoms. The summed E-state index contributed by atoms with van der Waals surface area (Å²) in [6, 6.07) is 16.2. The highest BCUT2D eigenvalue weighted by Crippen LogP contribution is 2.26. The number of likely N-dealkylation sites (N-methyl/N-ethyl adjacent to an activating group) is 1. The fraction of sp³-hybridized carbons (Fsp3) is 0.136. The average Bonchev–Trinajstić information content (AvgIpc) is 2.76. The molecule has 168 valence electrons. The molecule has 0 radical (unpaired) electrons. The SMILES string of the molecule is CN(C(=O)CN(Cc1ccc(Cl)c(Cl)c1)S(=O)(=O)c1ccc(Br)cc1)c1ccc(F)cc1. The molecule has 0 aliphatic heterocycles. The van der Waals surface area contributed by atoms with Crippen LogP contribution in [0.15, 0.2) is 76.1 Å². The highest BCUT2D eigenvalue weighted by molar-refractivity contribution is 9.10. The third kappa shape index (κ3) is 5.88. The zero-order chi connectivity index (χ0) is 23.5. The first-order valence-electron chi connectivity index (χ1n) is 9.29. The minimum absolute atomic E-state index is 0.0398. The van der Waals surface area contributed by atoms with Gasteiger partial charge in [-0.1, -0.05) is 45.2 Å². The molecule has 0 atom stereocenters. The number of hydrogen-bond acceptors (Lipinski definition) is 3. The van der Waals surface area contributed by atoms with E-state index in [0.717, 1.165) is 8.78 Å². The van der Waals surface area contributed by atoms with Crippen LogP contribution in [0, 0.1) is 5.82 Å². The lowest BCUT2D eigenvalue weighted by Crippen LogP contribution is -2.41. The molecule has 0 spiro atoms. The Hall–Kier alpha value is -1.97. The Morgan fingerprint density at radius 2 is 1.59 bits per heavy atom. The Morgan fingerprint density at radius 3 is 2.19 bits per heavy atom. The summed E-state index contributed by atoms with van der Waals surface area (Å²) in [6.07, 6.45) is 0. The van der Waals surface area contributed by atoms with E-state index in [9.17, 15) is 17.6 Å². The second-order valence-corrected chi connectivity index (χ2v) is 10.6. The molecular weight excluding hydrogens is 542 g/mol. The molecule has 3 aromatic rings. The van der Waals surface area contributed by atoms with Gasteiger partial charge in [0.05, 0.1) is 21.5 Å². The summed E-state index contributed by atoms with van der Waals surface area (Å²) in [6.45, 7) is -0.537. The van der Waals surface area contributed by atoms with Crippen LogP contribution in [0.5, 0.6) is 0 Å². The van der Waals surface area contributed by atoms with Crippen LogP contribution >= 0.6 is 39.1 Å². The molecular formula is C22H18BrCl2FN2O3S. The molecule has 0 aromatic heterocycles. The number of carbonyl (C=O) groups excluding carboxylic acids is 1. The second-order valence-electron chi connectivity index (χ2n) is 6.90. The van der Waals surface area contributed by atoms with Gasteiger partial charge in [0.1, 0.15) is 5.82 Å². The van der Waals surface area contributed by atoms with Gasteiger partial charge in [-0.15, -0.1) is 0 Å². The minimum Gasteiger partial charge on any atom is -0.314 e. The van der Waals surface area contributed by atoms with Crippen molar-refractivity contribution in [2.24, 2.45) is 0 Å². The van der Waals surface area contributed by atoms with Crippen LogP contribution in [-0.4, -0.2) is 32.2 Å². The summed E-state index contributed by atoms with van der Waals surface area (Å²) in [5, 5.41) is 0.616. The Kier molecular flexibility index (Phi) is 7.95. The van der Waals surface area contributed by atoms with E-state index in [4.69, 9.17) is 23.2 Å². The Balaban J connectivity index is 1.93. The van der Waals surface area contributed by atoms with Gasteiger partial charge in [0.15, 0.2) is 0 Å². The van der Waals surface area contributed by atoms with Crippen molar-refractivity contribution in [2.75, 3.05) is 18.5 Å². The van der Waals surface area contributed by atoms with Gasteiger partial charge in [-0.05, 0) is 66.2 Å². The summed E-state index contributed by atoms with van der Waals surface area (Å²) in [5.41, 5.74) is 1.00. The number of hydrogen-bond donors (Lipinski definition) is 0. The van der Waals surface area contributed by atoms with Crippen molar-refractivity contribution in [2.45, 2.75) is 11.4 Å². The Morgan fingerprint density at radius 1 is 0.969 bits per heavy atom. The van der Waals surface area contributed by atoms with E-state index in [1.165, 1.54) is 48.3 Å². The molecule has 5 nitrogen and oxygen atoms in total. The lowest BCUT2D eigenvalue weighted by atomic mass is 10.2. The zero-order valence-corrected chi connectivity index (χ0v) is 20.7. The van der Waals surface area contributed by atoms with Gasteiger partial charge < -0.3 is 4.90 Å².